The molecule has 1 aromatic carbocycles. The van der Waals surface area contributed by atoms with Crippen molar-refractivity contribution in [1.29, 1.82) is 0 Å². The summed E-state index contributed by atoms with van der Waals surface area (Å²) in [7, 11) is 0. The Morgan fingerprint density at radius 1 is 1.15 bits per heavy atom. The first kappa shape index (κ1) is 22.2. The van der Waals surface area contributed by atoms with E-state index in [0.29, 0.717) is 11.4 Å². The van der Waals surface area contributed by atoms with Gasteiger partial charge in [-0.1, -0.05) is 32.9 Å². The quantitative estimate of drug-likeness (QED) is 0.545. The molecule has 4 N–H and O–H groups in total. The van der Waals surface area contributed by atoms with E-state index in [1.165, 1.54) is 11.8 Å². The lowest BCUT2D eigenvalue weighted by Crippen LogP contribution is -2.30. The fourth-order valence-corrected chi connectivity index (χ4v) is 3.14. The zero-order valence-corrected chi connectivity index (χ0v) is 16.3. The Kier molecular flexibility index (Phi) is 9.37. The summed E-state index contributed by atoms with van der Waals surface area (Å²) in [6, 6.07) is 6.85. The molecule has 2 amide bonds. The van der Waals surface area contributed by atoms with Crippen LogP contribution in [0.2, 0.25) is 0 Å². The summed E-state index contributed by atoms with van der Waals surface area (Å²) in [5.74, 6) is -0.673. The van der Waals surface area contributed by atoms with Crippen molar-refractivity contribution in [2.45, 2.75) is 33.8 Å². The minimum Gasteiger partial charge on any atom is -0.392 e. The molecule has 0 aromatic heterocycles. The van der Waals surface area contributed by atoms with Crippen LogP contribution in [0.5, 0.6) is 0 Å². The number of benzene rings is 1. The Hall–Kier alpha value is -1.86. The van der Waals surface area contributed by atoms with Gasteiger partial charge in [-0.15, -0.1) is 0 Å². The lowest BCUT2D eigenvalue weighted by molar-refractivity contribution is -0.128. The number of nitrogens with two attached hydrogens (primary N) is 1. The molecule has 0 spiro atoms. The first-order valence-corrected chi connectivity index (χ1v) is 9.79. The second-order valence-electron chi connectivity index (χ2n) is 6.73. The lowest BCUT2D eigenvalue weighted by atomic mass is 9.88. The smallest absolute Gasteiger partial charge is 0.228 e. The number of aliphatic hydroxyl groups excluding tert-OH is 1. The van der Waals surface area contributed by atoms with Crippen molar-refractivity contribution >= 4 is 35.0 Å². The van der Waals surface area contributed by atoms with Crippen molar-refractivity contribution < 1.29 is 19.5 Å². The van der Waals surface area contributed by atoms with Crippen LogP contribution in [0, 0.1) is 17.8 Å². The number of nitrogens with one attached hydrogen (secondary N) is 1. The van der Waals surface area contributed by atoms with Crippen LogP contribution in [0.25, 0.3) is 0 Å². The molecule has 0 unspecified atom stereocenters. The molecular weight excluding hydrogens is 352 g/mol. The second kappa shape index (κ2) is 11.0. The molecule has 26 heavy (non-hydrogen) atoms. The summed E-state index contributed by atoms with van der Waals surface area (Å²) in [5, 5.41) is 11.9. The summed E-state index contributed by atoms with van der Waals surface area (Å²) >= 11 is 1.26. The van der Waals surface area contributed by atoms with Crippen molar-refractivity contribution in [2.24, 2.45) is 23.5 Å². The highest BCUT2D eigenvalue weighted by Gasteiger charge is 2.26. The van der Waals surface area contributed by atoms with E-state index in [9.17, 15) is 14.4 Å². The lowest BCUT2D eigenvalue weighted by Gasteiger charge is -2.20. The largest absolute Gasteiger partial charge is 0.392 e. The van der Waals surface area contributed by atoms with E-state index >= 15 is 0 Å². The van der Waals surface area contributed by atoms with Crippen LogP contribution >= 0.6 is 11.8 Å². The van der Waals surface area contributed by atoms with E-state index in [2.05, 4.69) is 5.32 Å². The van der Waals surface area contributed by atoms with Gasteiger partial charge in [0, 0.05) is 23.8 Å². The van der Waals surface area contributed by atoms with E-state index < -0.39 is 11.8 Å². The van der Waals surface area contributed by atoms with Gasteiger partial charge < -0.3 is 16.2 Å². The molecule has 0 saturated carbocycles. The van der Waals surface area contributed by atoms with E-state index in [4.69, 9.17) is 10.8 Å². The highest BCUT2D eigenvalue weighted by Crippen LogP contribution is 2.21. The molecule has 0 aliphatic carbocycles. The van der Waals surface area contributed by atoms with Crippen molar-refractivity contribution in [1.82, 2.24) is 0 Å². The fraction of sp³-hybridized carbons (Fsp3) is 0.526. The van der Waals surface area contributed by atoms with Crippen LogP contribution in [0.3, 0.4) is 0 Å². The highest BCUT2D eigenvalue weighted by molar-refractivity contribution is 7.99. The Labute approximate surface area is 158 Å². The number of carbonyl (C=O) groups is 3. The predicted octanol–water partition coefficient (Wildman–Crippen LogP) is 2.20. The maximum absolute atomic E-state index is 12.6. The topological polar surface area (TPSA) is 109 Å². The molecule has 0 bridgehead atoms. The van der Waals surface area contributed by atoms with Crippen molar-refractivity contribution in [2.75, 3.05) is 16.8 Å². The average molecular weight is 381 g/mol. The third-order valence-corrected chi connectivity index (χ3v) is 5.42. The molecule has 0 radical (unpaired) electrons. The minimum absolute atomic E-state index is 0.0375. The Balaban J connectivity index is 2.78. The molecule has 144 valence electrons. The van der Waals surface area contributed by atoms with Gasteiger partial charge in [-0.2, -0.15) is 11.8 Å². The van der Waals surface area contributed by atoms with E-state index in [1.807, 2.05) is 20.8 Å². The zero-order chi connectivity index (χ0) is 19.7. The van der Waals surface area contributed by atoms with E-state index in [-0.39, 0.29) is 42.3 Å². The van der Waals surface area contributed by atoms with Gasteiger partial charge in [0.25, 0.3) is 0 Å². The summed E-state index contributed by atoms with van der Waals surface area (Å²) in [4.78, 5) is 36.0. The van der Waals surface area contributed by atoms with Gasteiger partial charge in [0.15, 0.2) is 0 Å². The van der Waals surface area contributed by atoms with Crippen molar-refractivity contribution in [3.8, 4) is 0 Å². The van der Waals surface area contributed by atoms with Crippen LogP contribution in [0.15, 0.2) is 24.3 Å². The molecule has 7 heteroatoms. The Bertz CT molecular complexity index is 616. The van der Waals surface area contributed by atoms with Crippen molar-refractivity contribution in [3.63, 3.8) is 0 Å². The van der Waals surface area contributed by atoms with Crippen LogP contribution in [-0.4, -0.2) is 34.2 Å². The maximum atomic E-state index is 12.6. The molecule has 0 heterocycles. The third kappa shape index (κ3) is 7.58. The molecule has 1 rings (SSSR count). The highest BCUT2D eigenvalue weighted by atomic mass is 32.2. The van der Waals surface area contributed by atoms with Gasteiger partial charge >= 0.3 is 0 Å². The van der Waals surface area contributed by atoms with Gasteiger partial charge in [0.2, 0.25) is 11.8 Å². The summed E-state index contributed by atoms with van der Waals surface area (Å²) in [6.07, 6.45) is 0.131. The number of hydrogen-bond acceptors (Lipinski definition) is 5. The summed E-state index contributed by atoms with van der Waals surface area (Å²) in [6.45, 7) is 5.75. The van der Waals surface area contributed by atoms with E-state index in [1.54, 1.807) is 24.3 Å². The molecule has 0 saturated heterocycles. The minimum atomic E-state index is -0.537. The van der Waals surface area contributed by atoms with Crippen LogP contribution in [0.4, 0.5) is 5.69 Å². The molecule has 6 nitrogen and oxygen atoms in total. The molecule has 0 aliphatic heterocycles. The molecule has 0 aliphatic rings. The molecule has 0 fully saturated rings. The number of aliphatic hydroxyl groups is 1. The van der Waals surface area contributed by atoms with E-state index in [0.717, 1.165) is 5.56 Å². The van der Waals surface area contributed by atoms with Gasteiger partial charge in [0.1, 0.15) is 5.78 Å². The molecule has 1 aromatic rings. The summed E-state index contributed by atoms with van der Waals surface area (Å²) in [5.41, 5.74) is 6.49. The summed E-state index contributed by atoms with van der Waals surface area (Å²) < 4.78 is 0. The Morgan fingerprint density at radius 3 is 2.27 bits per heavy atom. The number of thioether (sulfide) groups is 1. The predicted molar refractivity (Wildman–Crippen MR) is 105 cm³/mol. The number of ketones is 1. The van der Waals surface area contributed by atoms with Gasteiger partial charge in [-0.3, -0.25) is 14.4 Å². The molecule has 2 atom stereocenters. The van der Waals surface area contributed by atoms with Gasteiger partial charge in [0.05, 0.1) is 18.3 Å². The SMILES string of the molecule is CC(C)[C@H](C)C(=O)C[C@@H](CSCC(N)=O)C(=O)Nc1ccc(CO)cc1. The number of anilines is 1. The maximum Gasteiger partial charge on any atom is 0.228 e. The average Bonchev–Trinajstić information content (AvgIpc) is 2.60. The fourth-order valence-electron chi connectivity index (χ4n) is 2.27. The standard InChI is InChI=1S/C19H28N2O4S/c1-12(2)13(3)17(23)8-15(10-26-11-18(20)24)19(25)21-16-6-4-14(9-22)5-7-16/h4-7,12-13,15,22H,8-11H2,1-3H3,(H2,20,24)(H,21,25)/t13-,15-/m0/s1. The number of rotatable bonds is 11. The number of amides is 2. The Morgan fingerprint density at radius 2 is 1.77 bits per heavy atom. The van der Waals surface area contributed by atoms with Crippen molar-refractivity contribution in [3.05, 3.63) is 29.8 Å². The zero-order valence-electron chi connectivity index (χ0n) is 15.5. The normalized spacial score (nSPS) is 13.3. The second-order valence-corrected chi connectivity index (χ2v) is 7.76. The van der Waals surface area contributed by atoms with Crippen LogP contribution in [0.1, 0.15) is 32.8 Å². The first-order valence-electron chi connectivity index (χ1n) is 8.64. The number of carbonyl (C=O) groups excluding carboxylic acids is 3. The van der Waals surface area contributed by atoms with Gasteiger partial charge in [-0.25, -0.2) is 0 Å². The third-order valence-electron chi connectivity index (χ3n) is 4.29. The number of Topliss-reactive ketones (excluding diaryl/α,β-unsaturated/α-hetero) is 1. The first-order chi connectivity index (χ1) is 12.2. The molecular formula is C19H28N2O4S. The van der Waals surface area contributed by atoms with Gasteiger partial charge in [-0.05, 0) is 23.6 Å². The number of hydrogen-bond donors (Lipinski definition) is 3. The van der Waals surface area contributed by atoms with Crippen LogP contribution < -0.4 is 11.1 Å². The number of primary amides is 1. The monoisotopic (exact) mass is 380 g/mol. The van der Waals surface area contributed by atoms with Crippen LogP contribution in [-0.2, 0) is 21.0 Å².